The molecule has 0 radical (unpaired) electrons. The van der Waals surface area contributed by atoms with Crippen LogP contribution in [0.15, 0.2) is 16.6 Å². The molecule has 0 bridgehead atoms. The quantitative estimate of drug-likeness (QED) is 0.787. The smallest absolute Gasteiger partial charge is 0.127 e. The zero-order chi connectivity index (χ0) is 14.9. The Balaban J connectivity index is 1.63. The summed E-state index contributed by atoms with van der Waals surface area (Å²) >= 11 is 3.63. The van der Waals surface area contributed by atoms with E-state index >= 15 is 0 Å². The van der Waals surface area contributed by atoms with E-state index in [0.29, 0.717) is 11.5 Å². The lowest BCUT2D eigenvalue weighted by molar-refractivity contribution is 0.309. The maximum Gasteiger partial charge on any atom is 0.127 e. The van der Waals surface area contributed by atoms with Crippen LogP contribution in [-0.2, 0) is 13.0 Å². The first kappa shape index (κ1) is 15.4. The molecular weight excluding hydrogens is 326 g/mol. The standard InChI is InChI=1S/C18H26BrNO/c1-18(2)7-3-4-16(5-8-18)20-12-14-11-15(19)10-13-6-9-21-17(13)14/h10-11,16,20H,3-9,12H2,1-2H3. The predicted octanol–water partition coefficient (Wildman–Crippen LogP) is 4.83. The molecule has 2 nitrogen and oxygen atoms in total. The fourth-order valence-electron chi connectivity index (χ4n) is 3.60. The second-order valence-corrected chi connectivity index (χ2v) is 8.24. The minimum absolute atomic E-state index is 0.524. The Morgan fingerprint density at radius 3 is 3.00 bits per heavy atom. The van der Waals surface area contributed by atoms with Gasteiger partial charge in [0.2, 0.25) is 0 Å². The van der Waals surface area contributed by atoms with E-state index in [9.17, 15) is 0 Å². The molecule has 116 valence electrons. The molecule has 1 fully saturated rings. The normalized spacial score (nSPS) is 24.2. The van der Waals surface area contributed by atoms with Crippen molar-refractivity contribution in [1.29, 1.82) is 0 Å². The van der Waals surface area contributed by atoms with Crippen LogP contribution in [0.25, 0.3) is 0 Å². The van der Waals surface area contributed by atoms with E-state index in [4.69, 9.17) is 4.74 Å². The van der Waals surface area contributed by atoms with E-state index < -0.39 is 0 Å². The number of ether oxygens (including phenoxy) is 1. The fraction of sp³-hybridized carbons (Fsp3) is 0.667. The van der Waals surface area contributed by atoms with E-state index in [0.717, 1.165) is 25.3 Å². The molecule has 3 heteroatoms. The van der Waals surface area contributed by atoms with Gasteiger partial charge >= 0.3 is 0 Å². The van der Waals surface area contributed by atoms with Crippen LogP contribution in [0, 0.1) is 5.41 Å². The Morgan fingerprint density at radius 1 is 1.29 bits per heavy atom. The fourth-order valence-corrected chi connectivity index (χ4v) is 4.15. The van der Waals surface area contributed by atoms with Gasteiger partial charge in [-0.25, -0.2) is 0 Å². The molecule has 1 N–H and O–H groups in total. The minimum Gasteiger partial charge on any atom is -0.493 e. The molecular formula is C18H26BrNO. The molecule has 1 aliphatic heterocycles. The summed E-state index contributed by atoms with van der Waals surface area (Å²) in [6, 6.07) is 5.06. The summed E-state index contributed by atoms with van der Waals surface area (Å²) in [7, 11) is 0. The van der Waals surface area contributed by atoms with E-state index in [1.807, 2.05) is 0 Å². The summed E-state index contributed by atoms with van der Waals surface area (Å²) in [5.41, 5.74) is 3.18. The monoisotopic (exact) mass is 351 g/mol. The van der Waals surface area contributed by atoms with E-state index in [1.54, 1.807) is 0 Å². The van der Waals surface area contributed by atoms with Crippen molar-refractivity contribution in [3.63, 3.8) is 0 Å². The van der Waals surface area contributed by atoms with Gasteiger partial charge in [-0.2, -0.15) is 0 Å². The van der Waals surface area contributed by atoms with Gasteiger partial charge in [-0.05, 0) is 48.8 Å². The Labute approximate surface area is 136 Å². The predicted molar refractivity (Wildman–Crippen MR) is 90.8 cm³/mol. The maximum atomic E-state index is 5.82. The number of rotatable bonds is 3. The van der Waals surface area contributed by atoms with Gasteiger partial charge in [-0.15, -0.1) is 0 Å². The van der Waals surface area contributed by atoms with E-state index in [1.165, 1.54) is 47.7 Å². The van der Waals surface area contributed by atoms with Gasteiger partial charge < -0.3 is 10.1 Å². The topological polar surface area (TPSA) is 21.3 Å². The van der Waals surface area contributed by atoms with Crippen molar-refractivity contribution in [3.05, 3.63) is 27.7 Å². The van der Waals surface area contributed by atoms with Crippen molar-refractivity contribution in [3.8, 4) is 5.75 Å². The number of hydrogen-bond donors (Lipinski definition) is 1. The van der Waals surface area contributed by atoms with Crippen LogP contribution in [0.5, 0.6) is 5.75 Å². The molecule has 21 heavy (non-hydrogen) atoms. The Bertz CT molecular complexity index is 512. The Morgan fingerprint density at radius 2 is 2.14 bits per heavy atom. The lowest BCUT2D eigenvalue weighted by Crippen LogP contribution is -2.28. The summed E-state index contributed by atoms with van der Waals surface area (Å²) in [4.78, 5) is 0. The second kappa shape index (κ2) is 6.29. The average Bonchev–Trinajstić information content (AvgIpc) is 2.81. The molecule has 1 aromatic carbocycles. The van der Waals surface area contributed by atoms with Crippen molar-refractivity contribution in [2.24, 2.45) is 5.41 Å². The first-order chi connectivity index (χ1) is 10.0. The van der Waals surface area contributed by atoms with Crippen molar-refractivity contribution >= 4 is 15.9 Å². The zero-order valence-electron chi connectivity index (χ0n) is 13.2. The highest BCUT2D eigenvalue weighted by Crippen LogP contribution is 2.35. The van der Waals surface area contributed by atoms with Crippen LogP contribution in [-0.4, -0.2) is 12.6 Å². The lowest BCUT2D eigenvalue weighted by Gasteiger charge is -2.22. The van der Waals surface area contributed by atoms with Gasteiger partial charge in [0.05, 0.1) is 6.61 Å². The second-order valence-electron chi connectivity index (χ2n) is 7.32. The third kappa shape index (κ3) is 3.81. The molecule has 2 aliphatic rings. The van der Waals surface area contributed by atoms with Crippen LogP contribution >= 0.6 is 15.9 Å². The third-order valence-corrected chi connectivity index (χ3v) is 5.44. The Kier molecular flexibility index (Phi) is 4.60. The SMILES string of the molecule is CC1(C)CCCC(NCc2cc(Br)cc3c2OCC3)CC1. The molecule has 1 heterocycles. The lowest BCUT2D eigenvalue weighted by atomic mass is 9.85. The Hall–Kier alpha value is -0.540. The summed E-state index contributed by atoms with van der Waals surface area (Å²) in [5.74, 6) is 1.12. The summed E-state index contributed by atoms with van der Waals surface area (Å²) in [6.07, 6.45) is 7.68. The summed E-state index contributed by atoms with van der Waals surface area (Å²) in [6.45, 7) is 6.57. The van der Waals surface area contributed by atoms with E-state index in [-0.39, 0.29) is 0 Å². The first-order valence-corrected chi connectivity index (χ1v) is 9.00. The van der Waals surface area contributed by atoms with Gasteiger partial charge in [-0.3, -0.25) is 0 Å². The molecule has 0 spiro atoms. The largest absolute Gasteiger partial charge is 0.493 e. The van der Waals surface area contributed by atoms with Gasteiger partial charge in [0.1, 0.15) is 5.75 Å². The average molecular weight is 352 g/mol. The molecule has 0 amide bonds. The van der Waals surface area contributed by atoms with E-state index in [2.05, 4.69) is 47.2 Å². The van der Waals surface area contributed by atoms with Gasteiger partial charge in [0.15, 0.2) is 0 Å². The highest BCUT2D eigenvalue weighted by Gasteiger charge is 2.24. The van der Waals surface area contributed by atoms with Crippen molar-refractivity contribution < 1.29 is 4.74 Å². The number of hydrogen-bond acceptors (Lipinski definition) is 2. The minimum atomic E-state index is 0.524. The van der Waals surface area contributed by atoms with Crippen LogP contribution in [0.2, 0.25) is 0 Å². The van der Waals surface area contributed by atoms with Crippen LogP contribution in [0.4, 0.5) is 0 Å². The third-order valence-electron chi connectivity index (χ3n) is 4.98. The zero-order valence-corrected chi connectivity index (χ0v) is 14.8. The number of benzene rings is 1. The molecule has 1 saturated carbocycles. The number of halogens is 1. The van der Waals surface area contributed by atoms with Gasteiger partial charge in [0, 0.05) is 29.0 Å². The molecule has 0 saturated heterocycles. The molecule has 1 unspecified atom stereocenters. The van der Waals surface area contributed by atoms with Gasteiger partial charge in [-0.1, -0.05) is 36.2 Å². The highest BCUT2D eigenvalue weighted by molar-refractivity contribution is 9.10. The molecule has 3 rings (SSSR count). The summed E-state index contributed by atoms with van der Waals surface area (Å²) in [5, 5.41) is 3.77. The molecule has 1 aromatic rings. The van der Waals surface area contributed by atoms with Gasteiger partial charge in [0.25, 0.3) is 0 Å². The molecule has 1 aliphatic carbocycles. The molecule has 1 atom stereocenters. The maximum absolute atomic E-state index is 5.82. The van der Waals surface area contributed by atoms with Crippen molar-refractivity contribution in [1.82, 2.24) is 5.32 Å². The van der Waals surface area contributed by atoms with Crippen molar-refractivity contribution in [2.75, 3.05) is 6.61 Å². The van der Waals surface area contributed by atoms with Crippen LogP contribution in [0.1, 0.15) is 57.1 Å². The number of nitrogens with one attached hydrogen (secondary N) is 1. The first-order valence-electron chi connectivity index (χ1n) is 8.21. The number of fused-ring (bicyclic) bond motifs is 1. The molecule has 0 aromatic heterocycles. The van der Waals surface area contributed by atoms with Crippen LogP contribution < -0.4 is 10.1 Å². The van der Waals surface area contributed by atoms with Crippen molar-refractivity contribution in [2.45, 2.75) is 65.0 Å². The highest BCUT2D eigenvalue weighted by atomic mass is 79.9. The van der Waals surface area contributed by atoms with Crippen LogP contribution in [0.3, 0.4) is 0 Å². The summed E-state index contributed by atoms with van der Waals surface area (Å²) < 4.78 is 6.99.